The van der Waals surface area contributed by atoms with Crippen molar-refractivity contribution in [3.05, 3.63) is 42.0 Å². The van der Waals surface area contributed by atoms with Crippen LogP contribution in [0.5, 0.6) is 0 Å². The number of aromatic carboxylic acids is 1. The van der Waals surface area contributed by atoms with Crippen molar-refractivity contribution in [3.63, 3.8) is 0 Å². The maximum absolute atomic E-state index is 11.7. The van der Waals surface area contributed by atoms with E-state index >= 15 is 0 Å². The molecule has 0 aliphatic heterocycles. The van der Waals surface area contributed by atoms with Gasteiger partial charge >= 0.3 is 5.97 Å². The zero-order chi connectivity index (χ0) is 13.1. The molecule has 17 heavy (non-hydrogen) atoms. The monoisotopic (exact) mass is 255 g/mol. The summed E-state index contributed by atoms with van der Waals surface area (Å²) in [4.78, 5) is 10.6. The summed E-state index contributed by atoms with van der Waals surface area (Å²) in [5, 5.41) is 8.68. The molecule has 0 fully saturated rings. The summed E-state index contributed by atoms with van der Waals surface area (Å²) in [6.07, 6.45) is 0. The molecule has 0 aromatic heterocycles. The summed E-state index contributed by atoms with van der Waals surface area (Å²) in [6.45, 7) is 5.44. The molecule has 0 saturated heterocycles. The summed E-state index contributed by atoms with van der Waals surface area (Å²) < 4.78 is 25.8. The number of carbonyl (C=O) groups is 1. The third-order valence-corrected chi connectivity index (χ3v) is 3.39. The average Bonchev–Trinajstić information content (AvgIpc) is 2.27. The number of benzene rings is 1. The Morgan fingerprint density at radius 2 is 1.88 bits per heavy atom. The number of carboxylic acids is 1. The molecular formula is C11H13NO4S. The Morgan fingerprint density at radius 1 is 1.35 bits per heavy atom. The van der Waals surface area contributed by atoms with Crippen LogP contribution in [-0.2, 0) is 10.0 Å². The van der Waals surface area contributed by atoms with Gasteiger partial charge in [-0.1, -0.05) is 12.2 Å². The summed E-state index contributed by atoms with van der Waals surface area (Å²) >= 11 is 0. The van der Waals surface area contributed by atoms with Crippen LogP contribution in [0.4, 0.5) is 0 Å². The average molecular weight is 255 g/mol. The van der Waals surface area contributed by atoms with Gasteiger partial charge in [-0.25, -0.2) is 17.9 Å². The summed E-state index contributed by atoms with van der Waals surface area (Å²) in [6, 6.07) is 5.00. The van der Waals surface area contributed by atoms with Gasteiger partial charge in [0, 0.05) is 6.54 Å². The second-order valence-electron chi connectivity index (χ2n) is 3.61. The van der Waals surface area contributed by atoms with Crippen molar-refractivity contribution < 1.29 is 18.3 Å². The van der Waals surface area contributed by atoms with Gasteiger partial charge in [0.2, 0.25) is 10.0 Å². The Balaban J connectivity index is 2.92. The minimum Gasteiger partial charge on any atom is -0.478 e. The van der Waals surface area contributed by atoms with E-state index in [2.05, 4.69) is 11.3 Å². The van der Waals surface area contributed by atoms with Crippen LogP contribution in [0.3, 0.4) is 0 Å². The van der Waals surface area contributed by atoms with Gasteiger partial charge in [0.15, 0.2) is 0 Å². The molecular weight excluding hydrogens is 242 g/mol. The van der Waals surface area contributed by atoms with Gasteiger partial charge in [0.05, 0.1) is 10.5 Å². The first-order chi connectivity index (χ1) is 7.83. The number of hydrogen-bond acceptors (Lipinski definition) is 3. The predicted octanol–water partition coefficient (Wildman–Crippen LogP) is 1.24. The molecule has 6 heteroatoms. The molecule has 5 nitrogen and oxygen atoms in total. The highest BCUT2D eigenvalue weighted by Crippen LogP contribution is 2.10. The summed E-state index contributed by atoms with van der Waals surface area (Å²) in [5.74, 6) is -1.09. The van der Waals surface area contributed by atoms with Crippen LogP contribution in [0.2, 0.25) is 0 Å². The van der Waals surface area contributed by atoms with Crippen molar-refractivity contribution >= 4 is 16.0 Å². The zero-order valence-electron chi connectivity index (χ0n) is 9.30. The Hall–Kier alpha value is -1.66. The van der Waals surface area contributed by atoms with Crippen LogP contribution < -0.4 is 4.72 Å². The maximum Gasteiger partial charge on any atom is 0.335 e. The van der Waals surface area contributed by atoms with E-state index < -0.39 is 16.0 Å². The molecule has 0 unspecified atom stereocenters. The Kier molecular flexibility index (Phi) is 4.03. The standard InChI is InChI=1S/C11H13NO4S/c1-8(2)7-12-17(15,16)10-5-3-9(4-6-10)11(13)14/h3-6,12H,1,7H2,2H3,(H,13,14). The van der Waals surface area contributed by atoms with Gasteiger partial charge in [0.25, 0.3) is 0 Å². The lowest BCUT2D eigenvalue weighted by atomic mass is 10.2. The predicted molar refractivity (Wildman–Crippen MR) is 63.4 cm³/mol. The molecule has 2 N–H and O–H groups in total. The van der Waals surface area contributed by atoms with E-state index in [1.807, 2.05) is 0 Å². The molecule has 0 aliphatic rings. The molecule has 0 radical (unpaired) electrons. The highest BCUT2D eigenvalue weighted by atomic mass is 32.2. The van der Waals surface area contributed by atoms with Gasteiger partial charge in [-0.05, 0) is 31.2 Å². The molecule has 0 spiro atoms. The van der Waals surface area contributed by atoms with E-state index in [0.29, 0.717) is 5.57 Å². The zero-order valence-corrected chi connectivity index (χ0v) is 10.1. The van der Waals surface area contributed by atoms with Crippen LogP contribution in [0, 0.1) is 0 Å². The van der Waals surface area contributed by atoms with Gasteiger partial charge in [-0.15, -0.1) is 0 Å². The number of sulfonamides is 1. The van der Waals surface area contributed by atoms with E-state index in [4.69, 9.17) is 5.11 Å². The number of hydrogen-bond donors (Lipinski definition) is 2. The van der Waals surface area contributed by atoms with Gasteiger partial charge in [-0.2, -0.15) is 0 Å². The van der Waals surface area contributed by atoms with E-state index in [0.717, 1.165) is 0 Å². The van der Waals surface area contributed by atoms with Crippen LogP contribution in [0.15, 0.2) is 41.3 Å². The lowest BCUT2D eigenvalue weighted by molar-refractivity contribution is 0.0697. The lowest BCUT2D eigenvalue weighted by Crippen LogP contribution is -2.25. The quantitative estimate of drug-likeness (QED) is 0.775. The third kappa shape index (κ3) is 3.69. The Labute approximate surface area is 99.8 Å². The minimum absolute atomic E-state index is 0.0313. The second kappa shape index (κ2) is 5.11. The van der Waals surface area contributed by atoms with Gasteiger partial charge in [-0.3, -0.25) is 0 Å². The van der Waals surface area contributed by atoms with E-state index in [9.17, 15) is 13.2 Å². The van der Waals surface area contributed by atoms with Crippen molar-refractivity contribution in [3.8, 4) is 0 Å². The highest BCUT2D eigenvalue weighted by molar-refractivity contribution is 7.89. The topological polar surface area (TPSA) is 83.5 Å². The fourth-order valence-electron chi connectivity index (χ4n) is 1.08. The highest BCUT2D eigenvalue weighted by Gasteiger charge is 2.13. The van der Waals surface area contributed by atoms with E-state index in [1.54, 1.807) is 6.92 Å². The largest absolute Gasteiger partial charge is 0.478 e. The van der Waals surface area contributed by atoms with Crippen LogP contribution in [0.25, 0.3) is 0 Å². The molecule has 0 saturated carbocycles. The Bertz CT molecular complexity index is 531. The molecule has 0 bridgehead atoms. The molecule has 0 atom stereocenters. The van der Waals surface area contributed by atoms with Crippen molar-refractivity contribution in [2.24, 2.45) is 0 Å². The first-order valence-corrected chi connectivity index (χ1v) is 6.28. The number of rotatable bonds is 5. The van der Waals surface area contributed by atoms with Crippen molar-refractivity contribution in [2.75, 3.05) is 6.54 Å². The molecule has 1 aromatic rings. The van der Waals surface area contributed by atoms with Crippen LogP contribution in [-0.4, -0.2) is 26.0 Å². The normalized spacial score (nSPS) is 11.1. The molecule has 1 aromatic carbocycles. The molecule has 0 heterocycles. The SMILES string of the molecule is C=C(C)CNS(=O)(=O)c1ccc(C(=O)O)cc1. The van der Waals surface area contributed by atoms with Crippen molar-refractivity contribution in [1.29, 1.82) is 0 Å². The lowest BCUT2D eigenvalue weighted by Gasteiger charge is -2.06. The summed E-state index contributed by atoms with van der Waals surface area (Å²) in [7, 11) is -3.60. The molecule has 0 amide bonds. The fraction of sp³-hybridized carbons (Fsp3) is 0.182. The maximum atomic E-state index is 11.7. The summed E-state index contributed by atoms with van der Waals surface area (Å²) in [5.41, 5.74) is 0.736. The van der Waals surface area contributed by atoms with Crippen LogP contribution in [0.1, 0.15) is 17.3 Å². The molecule has 0 aliphatic carbocycles. The fourth-order valence-corrected chi connectivity index (χ4v) is 2.18. The third-order valence-electron chi connectivity index (χ3n) is 1.98. The van der Waals surface area contributed by atoms with E-state index in [1.165, 1.54) is 24.3 Å². The molecule has 92 valence electrons. The number of nitrogens with one attached hydrogen (secondary N) is 1. The second-order valence-corrected chi connectivity index (χ2v) is 5.38. The van der Waals surface area contributed by atoms with Crippen LogP contribution >= 0.6 is 0 Å². The van der Waals surface area contributed by atoms with Gasteiger partial charge in [0.1, 0.15) is 0 Å². The van der Waals surface area contributed by atoms with Crippen molar-refractivity contribution in [2.45, 2.75) is 11.8 Å². The first kappa shape index (κ1) is 13.4. The van der Waals surface area contributed by atoms with E-state index in [-0.39, 0.29) is 17.0 Å². The molecule has 1 rings (SSSR count). The number of carboxylic acid groups (broad SMARTS) is 1. The smallest absolute Gasteiger partial charge is 0.335 e. The van der Waals surface area contributed by atoms with Gasteiger partial charge < -0.3 is 5.11 Å². The Morgan fingerprint density at radius 3 is 2.29 bits per heavy atom. The minimum atomic E-state index is -3.60. The first-order valence-electron chi connectivity index (χ1n) is 4.80. The van der Waals surface area contributed by atoms with Crippen molar-refractivity contribution in [1.82, 2.24) is 4.72 Å².